The molecule has 1 atom stereocenters. The van der Waals surface area contributed by atoms with Crippen molar-refractivity contribution in [1.29, 1.82) is 0 Å². The highest BCUT2D eigenvalue weighted by molar-refractivity contribution is 5.80. The number of hydrogen-bond acceptors (Lipinski definition) is 4. The lowest BCUT2D eigenvalue weighted by Crippen LogP contribution is -2.54. The van der Waals surface area contributed by atoms with Crippen LogP contribution in [0.1, 0.15) is 12.5 Å². The van der Waals surface area contributed by atoms with Crippen molar-refractivity contribution in [2.75, 3.05) is 51.7 Å². The number of piperazine rings is 1. The second-order valence-electron chi connectivity index (χ2n) is 7.34. The minimum absolute atomic E-state index is 0.409. The highest BCUT2D eigenvalue weighted by Crippen LogP contribution is 2.12. The van der Waals surface area contributed by atoms with Crippen LogP contribution in [0.2, 0.25) is 0 Å². The van der Waals surface area contributed by atoms with Crippen molar-refractivity contribution in [1.82, 2.24) is 20.1 Å². The van der Waals surface area contributed by atoms with Gasteiger partial charge in [-0.2, -0.15) is 0 Å². The summed E-state index contributed by atoms with van der Waals surface area (Å²) in [5.74, 6) is 2.04. The lowest BCUT2D eigenvalue weighted by Gasteiger charge is -2.37. The van der Waals surface area contributed by atoms with Crippen molar-refractivity contribution in [2.45, 2.75) is 19.5 Å². The van der Waals surface area contributed by atoms with Gasteiger partial charge in [-0.05, 0) is 31.7 Å². The lowest BCUT2D eigenvalue weighted by molar-refractivity contribution is 0.246. The molecule has 3 rings (SSSR count). The van der Waals surface area contributed by atoms with E-state index >= 15 is 0 Å². The van der Waals surface area contributed by atoms with E-state index in [2.05, 4.69) is 80.4 Å². The minimum Gasteiger partial charge on any atom is -0.355 e. The number of guanidine groups is 1. The van der Waals surface area contributed by atoms with Crippen LogP contribution in [0.15, 0.2) is 59.7 Å². The van der Waals surface area contributed by atoms with Crippen LogP contribution in [0.3, 0.4) is 0 Å². The third-order valence-electron chi connectivity index (χ3n) is 5.35. The number of anilines is 1. The van der Waals surface area contributed by atoms with Crippen molar-refractivity contribution in [3.63, 3.8) is 0 Å². The second-order valence-corrected chi connectivity index (χ2v) is 7.34. The van der Waals surface area contributed by atoms with Gasteiger partial charge in [0.1, 0.15) is 5.82 Å². The Bertz CT molecular complexity index is 725. The van der Waals surface area contributed by atoms with E-state index in [4.69, 9.17) is 0 Å². The van der Waals surface area contributed by atoms with Crippen molar-refractivity contribution in [3.8, 4) is 0 Å². The zero-order valence-corrected chi connectivity index (χ0v) is 17.3. The SMILES string of the molecule is CN=C(NCC(C)N(C)Cc1ccccc1)N1CCN(c2ccccn2)CC1. The van der Waals surface area contributed by atoms with Gasteiger partial charge in [0, 0.05) is 58.6 Å². The van der Waals surface area contributed by atoms with Gasteiger partial charge >= 0.3 is 0 Å². The molecule has 1 aromatic heterocycles. The fourth-order valence-electron chi connectivity index (χ4n) is 3.44. The Morgan fingerprint density at radius 1 is 1.11 bits per heavy atom. The van der Waals surface area contributed by atoms with Gasteiger partial charge in [0.15, 0.2) is 5.96 Å². The predicted molar refractivity (Wildman–Crippen MR) is 117 cm³/mol. The molecule has 1 N–H and O–H groups in total. The van der Waals surface area contributed by atoms with Crippen LogP contribution < -0.4 is 10.2 Å². The zero-order valence-electron chi connectivity index (χ0n) is 17.3. The number of aromatic nitrogens is 1. The molecular weight excluding hydrogens is 348 g/mol. The molecule has 0 bridgehead atoms. The molecule has 0 spiro atoms. The summed E-state index contributed by atoms with van der Waals surface area (Å²) < 4.78 is 0. The maximum absolute atomic E-state index is 4.50. The summed E-state index contributed by atoms with van der Waals surface area (Å²) in [5.41, 5.74) is 1.34. The summed E-state index contributed by atoms with van der Waals surface area (Å²) in [4.78, 5) is 16.0. The summed E-state index contributed by atoms with van der Waals surface area (Å²) in [7, 11) is 4.04. The smallest absolute Gasteiger partial charge is 0.193 e. The number of benzene rings is 1. The van der Waals surface area contributed by atoms with Crippen LogP contribution >= 0.6 is 0 Å². The number of rotatable bonds is 6. The molecule has 0 radical (unpaired) electrons. The summed E-state index contributed by atoms with van der Waals surface area (Å²) in [6, 6.07) is 17.1. The van der Waals surface area contributed by atoms with Gasteiger partial charge in [-0.1, -0.05) is 36.4 Å². The fourth-order valence-corrected chi connectivity index (χ4v) is 3.44. The molecule has 1 unspecified atom stereocenters. The van der Waals surface area contributed by atoms with Gasteiger partial charge < -0.3 is 15.1 Å². The number of likely N-dealkylation sites (N-methyl/N-ethyl adjacent to an activating group) is 1. The highest BCUT2D eigenvalue weighted by atomic mass is 15.4. The largest absolute Gasteiger partial charge is 0.355 e. The molecule has 2 aromatic rings. The number of aliphatic imine (C=N–C) groups is 1. The Balaban J connectivity index is 1.45. The summed E-state index contributed by atoms with van der Waals surface area (Å²) >= 11 is 0. The van der Waals surface area contributed by atoms with Crippen molar-refractivity contribution < 1.29 is 0 Å². The fraction of sp³-hybridized carbons (Fsp3) is 0.455. The Hall–Kier alpha value is -2.60. The quantitative estimate of drug-likeness (QED) is 0.616. The maximum atomic E-state index is 4.50. The van der Waals surface area contributed by atoms with Gasteiger partial charge in [0.25, 0.3) is 0 Å². The molecule has 0 saturated carbocycles. The van der Waals surface area contributed by atoms with E-state index in [-0.39, 0.29) is 0 Å². The van der Waals surface area contributed by atoms with Crippen molar-refractivity contribution >= 4 is 11.8 Å². The molecule has 0 aliphatic carbocycles. The van der Waals surface area contributed by atoms with Crippen LogP contribution in [-0.2, 0) is 6.54 Å². The van der Waals surface area contributed by atoms with E-state index < -0.39 is 0 Å². The molecule has 150 valence electrons. The molecule has 1 aliphatic rings. The van der Waals surface area contributed by atoms with Crippen LogP contribution in [0.25, 0.3) is 0 Å². The Labute approximate surface area is 168 Å². The molecule has 1 aromatic carbocycles. The Morgan fingerprint density at radius 2 is 1.82 bits per heavy atom. The standard InChI is InChI=1S/C22H32N6/c1-19(26(3)18-20-9-5-4-6-10-20)17-25-22(23-2)28-15-13-27(14-16-28)21-11-7-8-12-24-21/h4-12,19H,13-18H2,1-3H3,(H,23,25). The minimum atomic E-state index is 0.409. The normalized spacial score (nSPS) is 16.4. The molecule has 1 fully saturated rings. The van der Waals surface area contributed by atoms with E-state index in [1.807, 2.05) is 25.4 Å². The van der Waals surface area contributed by atoms with E-state index in [9.17, 15) is 0 Å². The maximum Gasteiger partial charge on any atom is 0.193 e. The van der Waals surface area contributed by atoms with E-state index in [1.165, 1.54) is 5.56 Å². The monoisotopic (exact) mass is 380 g/mol. The summed E-state index contributed by atoms with van der Waals surface area (Å²) in [6.07, 6.45) is 1.86. The predicted octanol–water partition coefficient (Wildman–Crippen LogP) is 2.30. The third kappa shape index (κ3) is 5.45. The summed E-state index contributed by atoms with van der Waals surface area (Å²) in [5, 5.41) is 3.56. The van der Waals surface area contributed by atoms with Gasteiger partial charge in [-0.25, -0.2) is 4.98 Å². The van der Waals surface area contributed by atoms with E-state index in [1.54, 1.807) is 0 Å². The van der Waals surface area contributed by atoms with E-state index in [0.717, 1.165) is 51.0 Å². The average Bonchev–Trinajstić information content (AvgIpc) is 2.76. The Kier molecular flexibility index (Phi) is 7.25. The number of nitrogens with one attached hydrogen (secondary N) is 1. The van der Waals surface area contributed by atoms with Crippen LogP contribution in [0.5, 0.6) is 0 Å². The van der Waals surface area contributed by atoms with Crippen LogP contribution in [-0.4, -0.2) is 73.6 Å². The highest BCUT2D eigenvalue weighted by Gasteiger charge is 2.21. The van der Waals surface area contributed by atoms with Crippen LogP contribution in [0, 0.1) is 0 Å². The van der Waals surface area contributed by atoms with Gasteiger partial charge in [0.2, 0.25) is 0 Å². The third-order valence-corrected chi connectivity index (χ3v) is 5.35. The molecule has 28 heavy (non-hydrogen) atoms. The molecule has 1 saturated heterocycles. The summed E-state index contributed by atoms with van der Waals surface area (Å²) in [6.45, 7) is 7.89. The first-order valence-electron chi connectivity index (χ1n) is 10.0. The molecule has 1 aliphatic heterocycles. The topological polar surface area (TPSA) is 47.0 Å². The van der Waals surface area contributed by atoms with Gasteiger partial charge in [-0.3, -0.25) is 9.89 Å². The first kappa shape index (κ1) is 20.1. The Morgan fingerprint density at radius 3 is 2.46 bits per heavy atom. The first-order valence-corrected chi connectivity index (χ1v) is 10.0. The molecular formula is C22H32N6. The number of nitrogens with zero attached hydrogens (tertiary/aromatic N) is 5. The molecule has 0 amide bonds. The second kappa shape index (κ2) is 10.1. The number of pyridine rings is 1. The zero-order chi connectivity index (χ0) is 19.8. The van der Waals surface area contributed by atoms with Crippen molar-refractivity contribution in [2.24, 2.45) is 4.99 Å². The van der Waals surface area contributed by atoms with Gasteiger partial charge in [-0.15, -0.1) is 0 Å². The average molecular weight is 381 g/mol. The van der Waals surface area contributed by atoms with E-state index in [0.29, 0.717) is 6.04 Å². The van der Waals surface area contributed by atoms with Crippen LogP contribution in [0.4, 0.5) is 5.82 Å². The number of hydrogen-bond donors (Lipinski definition) is 1. The lowest BCUT2D eigenvalue weighted by atomic mass is 10.2. The first-order chi connectivity index (χ1) is 13.7. The van der Waals surface area contributed by atoms with Crippen molar-refractivity contribution in [3.05, 3.63) is 60.3 Å². The molecule has 6 nitrogen and oxygen atoms in total. The molecule has 2 heterocycles. The molecule has 6 heteroatoms. The van der Waals surface area contributed by atoms with Gasteiger partial charge in [0.05, 0.1) is 0 Å².